The molecule has 3 heterocycles. The Bertz CT molecular complexity index is 1010. The second kappa shape index (κ2) is 8.86. The number of anilines is 1. The van der Waals surface area contributed by atoms with E-state index in [9.17, 15) is 4.79 Å². The molecule has 31 heavy (non-hydrogen) atoms. The van der Waals surface area contributed by atoms with E-state index < -0.39 is 0 Å². The van der Waals surface area contributed by atoms with E-state index >= 15 is 0 Å². The van der Waals surface area contributed by atoms with E-state index in [0.717, 1.165) is 62.9 Å². The minimum absolute atomic E-state index is 0.0656. The van der Waals surface area contributed by atoms with Crippen LogP contribution in [-0.2, 0) is 11.3 Å². The van der Waals surface area contributed by atoms with E-state index in [1.54, 1.807) is 6.33 Å². The Morgan fingerprint density at radius 2 is 1.55 bits per heavy atom. The molecule has 0 unspecified atom stereocenters. The molecule has 2 saturated heterocycles. The number of piperazine rings is 1. The second-order valence-corrected chi connectivity index (χ2v) is 8.32. The van der Waals surface area contributed by atoms with Gasteiger partial charge in [-0.2, -0.15) is 0 Å². The fraction of sp³-hybridized carbons (Fsp3) is 0.320. The molecule has 1 amide bonds. The molecule has 2 aromatic carbocycles. The van der Waals surface area contributed by atoms with Crippen LogP contribution in [0.3, 0.4) is 0 Å². The van der Waals surface area contributed by atoms with Crippen molar-refractivity contribution in [2.75, 3.05) is 44.2 Å². The summed E-state index contributed by atoms with van der Waals surface area (Å²) in [7, 11) is 0. The predicted molar refractivity (Wildman–Crippen MR) is 121 cm³/mol. The van der Waals surface area contributed by atoms with Crippen LogP contribution >= 0.6 is 0 Å². The molecule has 0 atom stereocenters. The zero-order valence-corrected chi connectivity index (χ0v) is 17.6. The fourth-order valence-electron chi connectivity index (χ4n) is 4.33. The summed E-state index contributed by atoms with van der Waals surface area (Å²) < 4.78 is 0. The third-order valence-corrected chi connectivity index (χ3v) is 6.21. The van der Waals surface area contributed by atoms with Crippen LogP contribution in [0, 0.1) is 5.92 Å². The Morgan fingerprint density at radius 1 is 0.871 bits per heavy atom. The lowest BCUT2D eigenvalue weighted by Gasteiger charge is -2.43. The molecule has 3 aromatic rings. The van der Waals surface area contributed by atoms with E-state index in [1.807, 2.05) is 47.4 Å². The van der Waals surface area contributed by atoms with Gasteiger partial charge in [0, 0.05) is 57.4 Å². The zero-order chi connectivity index (χ0) is 21.0. The lowest BCUT2D eigenvalue weighted by Crippen LogP contribution is -2.58. The molecule has 0 aliphatic carbocycles. The molecule has 0 N–H and O–H groups in total. The summed E-state index contributed by atoms with van der Waals surface area (Å²) >= 11 is 0. The Balaban J connectivity index is 1.13. The summed E-state index contributed by atoms with van der Waals surface area (Å²) in [5.74, 6) is 1.24. The van der Waals surface area contributed by atoms with Crippen molar-refractivity contribution in [3.63, 3.8) is 0 Å². The lowest BCUT2D eigenvalue weighted by molar-refractivity contribution is -0.138. The van der Waals surface area contributed by atoms with Crippen molar-refractivity contribution in [1.82, 2.24) is 19.8 Å². The zero-order valence-electron chi connectivity index (χ0n) is 17.6. The van der Waals surface area contributed by atoms with Gasteiger partial charge in [0.2, 0.25) is 5.91 Å². The molecule has 0 bridgehead atoms. The van der Waals surface area contributed by atoms with Crippen LogP contribution < -0.4 is 4.90 Å². The van der Waals surface area contributed by atoms with Gasteiger partial charge in [0.15, 0.2) is 0 Å². The number of hydrogen-bond donors (Lipinski definition) is 0. The minimum atomic E-state index is 0.0656. The molecule has 2 fully saturated rings. The number of hydrogen-bond acceptors (Lipinski definition) is 5. The van der Waals surface area contributed by atoms with Gasteiger partial charge in [0.25, 0.3) is 0 Å². The van der Waals surface area contributed by atoms with Gasteiger partial charge in [0.1, 0.15) is 12.1 Å². The molecule has 0 spiro atoms. The van der Waals surface area contributed by atoms with Crippen LogP contribution in [0.5, 0.6) is 0 Å². The second-order valence-electron chi connectivity index (χ2n) is 8.32. The monoisotopic (exact) mass is 413 g/mol. The molecular weight excluding hydrogens is 386 g/mol. The summed E-state index contributed by atoms with van der Waals surface area (Å²) in [6, 6.07) is 22.7. The van der Waals surface area contributed by atoms with E-state index in [0.29, 0.717) is 0 Å². The average molecular weight is 414 g/mol. The number of nitrogens with zero attached hydrogens (tertiary/aromatic N) is 5. The SMILES string of the molecule is O=C(C1CN(c2cc(-c3ccccc3)ncn2)C1)N1CCN(Cc2ccccc2)CC1. The van der Waals surface area contributed by atoms with Crippen LogP contribution in [0.4, 0.5) is 5.82 Å². The maximum atomic E-state index is 13.0. The van der Waals surface area contributed by atoms with E-state index in [4.69, 9.17) is 0 Å². The number of aromatic nitrogens is 2. The predicted octanol–water partition coefficient (Wildman–Crippen LogP) is 2.92. The molecule has 6 nitrogen and oxygen atoms in total. The van der Waals surface area contributed by atoms with E-state index in [1.165, 1.54) is 5.56 Å². The number of carbonyl (C=O) groups is 1. The third kappa shape index (κ3) is 4.44. The third-order valence-electron chi connectivity index (χ3n) is 6.21. The molecule has 2 aliphatic heterocycles. The molecule has 2 aliphatic rings. The summed E-state index contributed by atoms with van der Waals surface area (Å²) in [5.41, 5.74) is 3.32. The highest BCUT2D eigenvalue weighted by molar-refractivity contribution is 5.82. The van der Waals surface area contributed by atoms with Crippen molar-refractivity contribution >= 4 is 11.7 Å². The summed E-state index contributed by atoms with van der Waals surface area (Å²) in [6.45, 7) is 5.91. The van der Waals surface area contributed by atoms with Crippen molar-refractivity contribution in [1.29, 1.82) is 0 Å². The van der Waals surface area contributed by atoms with Crippen LogP contribution in [0.25, 0.3) is 11.3 Å². The Morgan fingerprint density at radius 3 is 2.26 bits per heavy atom. The summed E-state index contributed by atoms with van der Waals surface area (Å²) in [4.78, 5) is 28.4. The summed E-state index contributed by atoms with van der Waals surface area (Å²) in [6.07, 6.45) is 1.61. The largest absolute Gasteiger partial charge is 0.355 e. The Kier molecular flexibility index (Phi) is 5.63. The topological polar surface area (TPSA) is 52.6 Å². The number of carbonyl (C=O) groups excluding carboxylic acids is 1. The lowest BCUT2D eigenvalue weighted by atomic mass is 9.97. The first-order chi connectivity index (χ1) is 15.3. The van der Waals surface area contributed by atoms with Crippen molar-refractivity contribution in [3.05, 3.63) is 78.6 Å². The highest BCUT2D eigenvalue weighted by Crippen LogP contribution is 2.27. The minimum Gasteiger partial charge on any atom is -0.355 e. The van der Waals surface area contributed by atoms with Gasteiger partial charge in [-0.15, -0.1) is 0 Å². The van der Waals surface area contributed by atoms with Gasteiger partial charge in [-0.3, -0.25) is 9.69 Å². The van der Waals surface area contributed by atoms with E-state index in [2.05, 4.69) is 44.0 Å². The van der Waals surface area contributed by atoms with E-state index in [-0.39, 0.29) is 11.8 Å². The number of benzene rings is 2. The molecule has 6 heteroatoms. The average Bonchev–Trinajstić information content (AvgIpc) is 2.80. The van der Waals surface area contributed by atoms with Gasteiger partial charge < -0.3 is 9.80 Å². The standard InChI is InChI=1S/C25H27N5O/c31-25(29-13-11-28(12-14-29)16-20-7-3-1-4-8-20)22-17-30(18-22)24-15-23(26-19-27-24)21-9-5-2-6-10-21/h1-10,15,19,22H,11-14,16-18H2. The van der Waals surface area contributed by atoms with Crippen molar-refractivity contribution in [3.8, 4) is 11.3 Å². The Labute approximate surface area is 183 Å². The molecule has 5 rings (SSSR count). The maximum absolute atomic E-state index is 13.0. The highest BCUT2D eigenvalue weighted by Gasteiger charge is 2.37. The van der Waals surface area contributed by atoms with Crippen molar-refractivity contribution in [2.24, 2.45) is 5.92 Å². The van der Waals surface area contributed by atoms with Gasteiger partial charge >= 0.3 is 0 Å². The number of rotatable bonds is 5. The summed E-state index contributed by atoms with van der Waals surface area (Å²) in [5, 5.41) is 0. The van der Waals surface area contributed by atoms with Crippen molar-refractivity contribution < 1.29 is 4.79 Å². The first-order valence-electron chi connectivity index (χ1n) is 10.9. The van der Waals surface area contributed by atoms with Gasteiger partial charge in [-0.1, -0.05) is 60.7 Å². The quantitative estimate of drug-likeness (QED) is 0.644. The smallest absolute Gasteiger partial charge is 0.229 e. The van der Waals surface area contributed by atoms with Crippen LogP contribution in [-0.4, -0.2) is 64.9 Å². The Hall–Kier alpha value is -3.25. The van der Waals surface area contributed by atoms with Gasteiger partial charge in [-0.05, 0) is 5.56 Å². The first-order valence-corrected chi connectivity index (χ1v) is 10.9. The molecular formula is C25H27N5O. The van der Waals surface area contributed by atoms with Gasteiger partial charge in [0.05, 0.1) is 11.6 Å². The van der Waals surface area contributed by atoms with Crippen LogP contribution in [0.1, 0.15) is 5.56 Å². The fourth-order valence-corrected chi connectivity index (χ4v) is 4.33. The normalized spacial score (nSPS) is 17.4. The van der Waals surface area contributed by atoms with Crippen LogP contribution in [0.15, 0.2) is 73.1 Å². The molecule has 158 valence electrons. The molecule has 0 radical (unpaired) electrons. The highest BCUT2D eigenvalue weighted by atomic mass is 16.2. The van der Waals surface area contributed by atoms with Crippen molar-refractivity contribution in [2.45, 2.75) is 6.54 Å². The maximum Gasteiger partial charge on any atom is 0.229 e. The van der Waals surface area contributed by atoms with Gasteiger partial charge in [-0.25, -0.2) is 9.97 Å². The first kappa shape index (κ1) is 19.7. The number of amides is 1. The van der Waals surface area contributed by atoms with Crippen LogP contribution in [0.2, 0.25) is 0 Å². The molecule has 0 saturated carbocycles. The molecule has 1 aromatic heterocycles.